The summed E-state index contributed by atoms with van der Waals surface area (Å²) in [4.78, 5) is 0. The molecule has 0 aromatic heterocycles. The molecule has 72 valence electrons. The van der Waals surface area contributed by atoms with Crippen molar-refractivity contribution in [1.29, 1.82) is 0 Å². The average Bonchev–Trinajstić information content (AvgIpc) is 1.94. The summed E-state index contributed by atoms with van der Waals surface area (Å²) < 4.78 is 0. The average molecular weight is 172 g/mol. The first-order valence-electron chi connectivity index (χ1n) is 4.86. The quantitative estimate of drug-likeness (QED) is 0.630. The van der Waals surface area contributed by atoms with Crippen LogP contribution in [0.1, 0.15) is 40.0 Å². The second-order valence-corrected chi connectivity index (χ2v) is 4.52. The fraction of sp³-hybridized carbons (Fsp3) is 1.00. The van der Waals surface area contributed by atoms with Gasteiger partial charge in [-0.05, 0) is 31.6 Å². The maximum absolute atomic E-state index is 10.0. The van der Waals surface area contributed by atoms with Crippen molar-refractivity contribution >= 4 is 0 Å². The van der Waals surface area contributed by atoms with Gasteiger partial charge in [0.05, 0.1) is 11.7 Å². The van der Waals surface area contributed by atoms with Crippen molar-refractivity contribution in [2.75, 3.05) is 0 Å². The molecule has 0 aliphatic heterocycles. The molecule has 1 fully saturated rings. The fourth-order valence-corrected chi connectivity index (χ4v) is 2.37. The van der Waals surface area contributed by atoms with Gasteiger partial charge in [0.15, 0.2) is 0 Å². The maximum atomic E-state index is 10.0. The third-order valence-corrected chi connectivity index (χ3v) is 3.22. The van der Waals surface area contributed by atoms with Gasteiger partial charge in [-0.25, -0.2) is 0 Å². The van der Waals surface area contributed by atoms with E-state index in [4.69, 9.17) is 0 Å². The van der Waals surface area contributed by atoms with Gasteiger partial charge in [-0.2, -0.15) is 0 Å². The first kappa shape index (κ1) is 10.0. The van der Waals surface area contributed by atoms with Crippen LogP contribution in [0.5, 0.6) is 0 Å². The van der Waals surface area contributed by atoms with Crippen molar-refractivity contribution in [3.8, 4) is 0 Å². The number of hydrogen-bond donors (Lipinski definition) is 2. The van der Waals surface area contributed by atoms with Crippen LogP contribution in [0, 0.1) is 11.8 Å². The van der Waals surface area contributed by atoms with Crippen LogP contribution in [-0.4, -0.2) is 21.9 Å². The van der Waals surface area contributed by atoms with Crippen LogP contribution in [0.4, 0.5) is 0 Å². The smallest absolute Gasteiger partial charge is 0.0907 e. The Labute approximate surface area is 74.6 Å². The van der Waals surface area contributed by atoms with E-state index in [1.807, 2.05) is 0 Å². The number of rotatable bonds is 1. The lowest BCUT2D eigenvalue weighted by molar-refractivity contribution is -0.135. The van der Waals surface area contributed by atoms with Crippen LogP contribution in [0.15, 0.2) is 0 Å². The fourth-order valence-electron chi connectivity index (χ4n) is 2.37. The molecule has 0 heterocycles. The topological polar surface area (TPSA) is 40.5 Å². The summed E-state index contributed by atoms with van der Waals surface area (Å²) >= 11 is 0. The molecule has 2 heteroatoms. The van der Waals surface area contributed by atoms with Crippen LogP contribution in [0.2, 0.25) is 0 Å². The number of aliphatic hydroxyl groups excluding tert-OH is 1. The molecule has 0 saturated heterocycles. The van der Waals surface area contributed by atoms with E-state index in [-0.39, 0.29) is 5.92 Å². The summed E-state index contributed by atoms with van der Waals surface area (Å²) in [5.41, 5.74) is -0.869. The second kappa shape index (κ2) is 3.35. The zero-order chi connectivity index (χ0) is 9.35. The van der Waals surface area contributed by atoms with Crippen molar-refractivity contribution in [2.45, 2.75) is 51.7 Å². The van der Waals surface area contributed by atoms with Crippen molar-refractivity contribution in [3.63, 3.8) is 0 Å². The van der Waals surface area contributed by atoms with E-state index >= 15 is 0 Å². The zero-order valence-corrected chi connectivity index (χ0v) is 8.25. The van der Waals surface area contributed by atoms with Gasteiger partial charge >= 0.3 is 0 Å². The van der Waals surface area contributed by atoms with Gasteiger partial charge in [-0.15, -0.1) is 0 Å². The molecule has 0 radical (unpaired) electrons. The Hall–Kier alpha value is -0.0800. The van der Waals surface area contributed by atoms with Gasteiger partial charge in [0, 0.05) is 0 Å². The second-order valence-electron chi connectivity index (χ2n) is 4.52. The molecule has 12 heavy (non-hydrogen) atoms. The Morgan fingerprint density at radius 2 is 1.92 bits per heavy atom. The first-order chi connectivity index (χ1) is 5.46. The molecule has 3 atom stereocenters. The Kier molecular flexibility index (Phi) is 2.79. The monoisotopic (exact) mass is 172 g/mol. The third kappa shape index (κ3) is 1.64. The first-order valence-corrected chi connectivity index (χ1v) is 4.86. The Morgan fingerprint density at radius 1 is 1.33 bits per heavy atom. The molecule has 0 spiro atoms. The molecular weight excluding hydrogens is 152 g/mol. The lowest BCUT2D eigenvalue weighted by atomic mass is 9.70. The van der Waals surface area contributed by atoms with Crippen molar-refractivity contribution < 1.29 is 10.2 Å². The lowest BCUT2D eigenvalue weighted by Gasteiger charge is -2.43. The van der Waals surface area contributed by atoms with E-state index < -0.39 is 11.7 Å². The van der Waals surface area contributed by atoms with Gasteiger partial charge in [0.25, 0.3) is 0 Å². The van der Waals surface area contributed by atoms with E-state index in [2.05, 4.69) is 13.8 Å². The lowest BCUT2D eigenvalue weighted by Crippen LogP contribution is -2.50. The van der Waals surface area contributed by atoms with Crippen LogP contribution < -0.4 is 0 Å². The molecule has 0 bridgehead atoms. The summed E-state index contributed by atoms with van der Waals surface area (Å²) in [6, 6.07) is 0. The van der Waals surface area contributed by atoms with Gasteiger partial charge < -0.3 is 10.2 Å². The van der Waals surface area contributed by atoms with Crippen molar-refractivity contribution in [1.82, 2.24) is 0 Å². The minimum atomic E-state index is -0.869. The predicted molar refractivity (Wildman–Crippen MR) is 48.8 cm³/mol. The molecule has 0 amide bonds. The summed E-state index contributed by atoms with van der Waals surface area (Å²) in [5, 5.41) is 19.6. The largest absolute Gasteiger partial charge is 0.390 e. The molecule has 2 nitrogen and oxygen atoms in total. The molecule has 1 rings (SSSR count). The van der Waals surface area contributed by atoms with Gasteiger partial charge in [-0.1, -0.05) is 20.3 Å². The van der Waals surface area contributed by atoms with Gasteiger partial charge in [0.1, 0.15) is 0 Å². The predicted octanol–water partition coefficient (Wildman–Crippen LogP) is 1.55. The summed E-state index contributed by atoms with van der Waals surface area (Å²) in [6.45, 7) is 5.98. The molecule has 1 aliphatic carbocycles. The molecule has 1 unspecified atom stereocenters. The minimum Gasteiger partial charge on any atom is -0.390 e. The maximum Gasteiger partial charge on any atom is 0.0907 e. The van der Waals surface area contributed by atoms with E-state index in [0.717, 1.165) is 19.3 Å². The van der Waals surface area contributed by atoms with Gasteiger partial charge in [-0.3, -0.25) is 0 Å². The normalized spacial score (nSPS) is 43.5. The molecule has 1 aliphatic rings. The zero-order valence-electron chi connectivity index (χ0n) is 8.25. The van der Waals surface area contributed by atoms with E-state index in [1.54, 1.807) is 6.92 Å². The molecule has 2 N–H and O–H groups in total. The van der Waals surface area contributed by atoms with Crippen LogP contribution in [-0.2, 0) is 0 Å². The third-order valence-electron chi connectivity index (χ3n) is 3.22. The van der Waals surface area contributed by atoms with Crippen LogP contribution >= 0.6 is 0 Å². The van der Waals surface area contributed by atoms with Crippen molar-refractivity contribution in [2.24, 2.45) is 11.8 Å². The Bertz CT molecular complexity index is 152. The van der Waals surface area contributed by atoms with Crippen LogP contribution in [0.3, 0.4) is 0 Å². The van der Waals surface area contributed by atoms with E-state index in [9.17, 15) is 10.2 Å². The number of aliphatic hydroxyl groups is 2. The minimum absolute atomic E-state index is 0.251. The number of hydrogen-bond acceptors (Lipinski definition) is 2. The molecule has 0 aromatic rings. The highest BCUT2D eigenvalue weighted by Crippen LogP contribution is 2.38. The summed E-state index contributed by atoms with van der Waals surface area (Å²) in [7, 11) is 0. The SMILES string of the molecule is CC(C)C1CCC[C@@H](O)[C@@]1(C)O. The molecule has 0 aromatic carbocycles. The van der Waals surface area contributed by atoms with E-state index in [0.29, 0.717) is 5.92 Å². The molecule has 1 saturated carbocycles. The Balaban J connectivity index is 2.72. The van der Waals surface area contributed by atoms with E-state index in [1.165, 1.54) is 0 Å². The Morgan fingerprint density at radius 3 is 2.33 bits per heavy atom. The van der Waals surface area contributed by atoms with Crippen molar-refractivity contribution in [3.05, 3.63) is 0 Å². The van der Waals surface area contributed by atoms with Gasteiger partial charge in [0.2, 0.25) is 0 Å². The highest BCUT2D eigenvalue weighted by molar-refractivity contribution is 4.93. The highest BCUT2D eigenvalue weighted by atomic mass is 16.3. The summed E-state index contributed by atoms with van der Waals surface area (Å²) in [5.74, 6) is 0.705. The van der Waals surface area contributed by atoms with Crippen LogP contribution in [0.25, 0.3) is 0 Å². The molecular formula is C10H20O2. The summed E-state index contributed by atoms with van der Waals surface area (Å²) in [6.07, 6.45) is 2.30. The highest BCUT2D eigenvalue weighted by Gasteiger charge is 2.42. The standard InChI is InChI=1S/C10H20O2/c1-7(2)8-5-4-6-9(11)10(8,3)12/h7-9,11-12H,4-6H2,1-3H3/t8?,9-,10+/m1/s1.